The van der Waals surface area contributed by atoms with Crippen molar-refractivity contribution >= 4 is 29.0 Å². The van der Waals surface area contributed by atoms with Crippen LogP contribution in [0.2, 0.25) is 0 Å². The van der Waals surface area contributed by atoms with Crippen LogP contribution >= 0.6 is 23.1 Å². The number of hydrogen-bond acceptors (Lipinski definition) is 6. The Bertz CT molecular complexity index is 722. The van der Waals surface area contributed by atoms with Gasteiger partial charge in [0, 0.05) is 10.9 Å². The lowest BCUT2D eigenvalue weighted by atomic mass is 9.90. The van der Waals surface area contributed by atoms with Crippen molar-refractivity contribution in [1.29, 1.82) is 0 Å². The Morgan fingerprint density at radius 2 is 2.24 bits per heavy atom. The maximum absolute atomic E-state index is 12.0. The molecular formula is C18H25N3O2S2. The summed E-state index contributed by atoms with van der Waals surface area (Å²) in [5, 5.41) is 11.7. The second-order valence-corrected chi connectivity index (χ2v) is 8.71. The van der Waals surface area contributed by atoms with Gasteiger partial charge in [0.05, 0.1) is 10.6 Å². The molecule has 3 rings (SSSR count). The molecule has 0 unspecified atom stereocenters. The predicted octanol–water partition coefficient (Wildman–Crippen LogP) is 4.32. The van der Waals surface area contributed by atoms with Gasteiger partial charge in [0.15, 0.2) is 0 Å². The number of nitrogens with zero attached hydrogens (tertiary/aromatic N) is 2. The van der Waals surface area contributed by atoms with Gasteiger partial charge in [-0.2, -0.15) is 0 Å². The number of aryl methyl sites for hydroxylation is 1. The van der Waals surface area contributed by atoms with Gasteiger partial charge in [0.2, 0.25) is 5.91 Å². The second-order valence-electron chi connectivity index (χ2n) is 6.65. The zero-order valence-electron chi connectivity index (χ0n) is 15.0. The fourth-order valence-corrected chi connectivity index (χ4v) is 4.77. The van der Waals surface area contributed by atoms with Crippen LogP contribution in [0.1, 0.15) is 50.5 Å². The molecule has 1 aliphatic carbocycles. The number of aromatic nitrogens is 2. The van der Waals surface area contributed by atoms with Crippen LogP contribution in [0.5, 0.6) is 0 Å². The first kappa shape index (κ1) is 18.5. The van der Waals surface area contributed by atoms with Gasteiger partial charge < -0.3 is 9.73 Å². The van der Waals surface area contributed by atoms with Crippen LogP contribution in [-0.4, -0.2) is 27.9 Å². The second kappa shape index (κ2) is 8.36. The normalized spacial score (nSPS) is 16.9. The molecule has 0 saturated carbocycles. The van der Waals surface area contributed by atoms with Gasteiger partial charge in [0.1, 0.15) is 0 Å². The van der Waals surface area contributed by atoms with Gasteiger partial charge in [-0.05, 0) is 49.7 Å². The molecular weight excluding hydrogens is 354 g/mol. The number of thiophene rings is 1. The third kappa shape index (κ3) is 4.64. The van der Waals surface area contributed by atoms with E-state index in [9.17, 15) is 4.79 Å². The first-order valence-electron chi connectivity index (χ1n) is 8.96. The van der Waals surface area contributed by atoms with E-state index >= 15 is 0 Å². The summed E-state index contributed by atoms with van der Waals surface area (Å²) in [6.07, 6.45) is 5.42. The van der Waals surface area contributed by atoms with Crippen molar-refractivity contribution in [3.05, 3.63) is 16.5 Å². The minimum absolute atomic E-state index is 0.0130. The Hall–Kier alpha value is -1.34. The number of thioether (sulfide) groups is 1. The smallest absolute Gasteiger partial charge is 0.277 e. The Morgan fingerprint density at radius 3 is 3.00 bits per heavy atom. The van der Waals surface area contributed by atoms with Gasteiger partial charge in [-0.15, -0.1) is 21.5 Å². The summed E-state index contributed by atoms with van der Waals surface area (Å²) in [7, 11) is 0. The average Bonchev–Trinajstić information content (AvgIpc) is 3.23. The van der Waals surface area contributed by atoms with E-state index in [1.165, 1.54) is 28.6 Å². The Labute approximate surface area is 157 Å². The van der Waals surface area contributed by atoms with E-state index < -0.39 is 0 Å². The van der Waals surface area contributed by atoms with Gasteiger partial charge in [-0.3, -0.25) is 4.79 Å². The monoisotopic (exact) mass is 379 g/mol. The number of nitrogens with one attached hydrogen (secondary N) is 1. The number of rotatable bonds is 7. The Morgan fingerprint density at radius 1 is 1.44 bits per heavy atom. The highest BCUT2D eigenvalue weighted by Crippen LogP contribution is 2.37. The molecule has 2 aromatic heterocycles. The number of hydrogen-bond donors (Lipinski definition) is 1. The molecule has 2 heterocycles. The lowest BCUT2D eigenvalue weighted by Crippen LogP contribution is -2.34. The van der Waals surface area contributed by atoms with E-state index in [1.807, 2.05) is 0 Å². The molecule has 0 aliphatic heterocycles. The third-order valence-corrected chi connectivity index (χ3v) is 6.67. The highest BCUT2D eigenvalue weighted by atomic mass is 32.2. The molecule has 1 aliphatic rings. The molecule has 0 aromatic carbocycles. The van der Waals surface area contributed by atoms with Crippen LogP contribution in [0.15, 0.2) is 15.7 Å². The van der Waals surface area contributed by atoms with E-state index in [4.69, 9.17) is 4.42 Å². The van der Waals surface area contributed by atoms with E-state index in [2.05, 4.69) is 42.4 Å². The van der Waals surface area contributed by atoms with Crippen molar-refractivity contribution < 1.29 is 9.21 Å². The first-order valence-corrected chi connectivity index (χ1v) is 10.8. The number of fused-ring (bicyclic) bond motifs is 1. The average molecular weight is 380 g/mol. The summed E-state index contributed by atoms with van der Waals surface area (Å²) in [5.41, 5.74) is 1.43. The minimum atomic E-state index is 0.0130. The number of carbonyl (C=O) groups excluding carboxylic acids is 1. The van der Waals surface area contributed by atoms with E-state index in [-0.39, 0.29) is 11.9 Å². The van der Waals surface area contributed by atoms with Crippen molar-refractivity contribution in [3.8, 4) is 10.8 Å². The lowest BCUT2D eigenvalue weighted by Gasteiger charge is -2.16. The summed E-state index contributed by atoms with van der Waals surface area (Å²) in [6.45, 7) is 6.45. The molecule has 0 saturated heterocycles. The highest BCUT2D eigenvalue weighted by Gasteiger charge is 2.21. The van der Waals surface area contributed by atoms with Gasteiger partial charge >= 0.3 is 0 Å². The fourth-order valence-electron chi connectivity index (χ4n) is 3.07. The summed E-state index contributed by atoms with van der Waals surface area (Å²) >= 11 is 3.05. The van der Waals surface area contributed by atoms with Crippen LogP contribution in [0.25, 0.3) is 10.8 Å². The van der Waals surface area contributed by atoms with Crippen molar-refractivity contribution in [1.82, 2.24) is 15.5 Å². The minimum Gasteiger partial charge on any atom is -0.410 e. The molecule has 1 amide bonds. The summed E-state index contributed by atoms with van der Waals surface area (Å²) in [4.78, 5) is 14.5. The van der Waals surface area contributed by atoms with E-state index in [0.29, 0.717) is 16.9 Å². The molecule has 5 nitrogen and oxygen atoms in total. The highest BCUT2D eigenvalue weighted by molar-refractivity contribution is 7.99. The molecule has 7 heteroatoms. The van der Waals surface area contributed by atoms with E-state index in [1.54, 1.807) is 11.3 Å². The SMILES string of the molecule is CCC(CC)NC(=O)CSc1nnc(-c2cc3c(s2)CC[C@H](C)C3)o1. The molecule has 2 aromatic rings. The summed E-state index contributed by atoms with van der Waals surface area (Å²) in [6, 6.07) is 2.43. The molecule has 1 N–H and O–H groups in total. The molecule has 136 valence electrons. The van der Waals surface area contributed by atoms with Crippen LogP contribution in [0.4, 0.5) is 0 Å². The maximum Gasteiger partial charge on any atom is 0.277 e. The number of amides is 1. The topological polar surface area (TPSA) is 68.0 Å². The van der Waals surface area contributed by atoms with Crippen LogP contribution in [0.3, 0.4) is 0 Å². The summed E-state index contributed by atoms with van der Waals surface area (Å²) in [5.74, 6) is 1.63. The molecule has 0 spiro atoms. The van der Waals surface area contributed by atoms with Gasteiger partial charge in [-0.25, -0.2) is 0 Å². The third-order valence-electron chi connectivity index (χ3n) is 4.62. The lowest BCUT2D eigenvalue weighted by molar-refractivity contribution is -0.119. The molecule has 0 radical (unpaired) electrons. The Kier molecular flexibility index (Phi) is 6.17. The molecule has 0 bridgehead atoms. The standard InChI is InChI=1S/C18H25N3O2S2/c1-4-13(5-2)19-16(22)10-24-18-21-20-17(23-18)15-9-12-8-11(3)6-7-14(12)25-15/h9,11,13H,4-8,10H2,1-3H3,(H,19,22)/t11-/m0/s1. The maximum atomic E-state index is 12.0. The largest absolute Gasteiger partial charge is 0.410 e. The van der Waals surface area contributed by atoms with Gasteiger partial charge in [-0.1, -0.05) is 32.5 Å². The predicted molar refractivity (Wildman–Crippen MR) is 102 cm³/mol. The van der Waals surface area contributed by atoms with Crippen LogP contribution < -0.4 is 5.32 Å². The van der Waals surface area contributed by atoms with Crippen molar-refractivity contribution in [2.45, 2.75) is 64.1 Å². The first-order chi connectivity index (χ1) is 12.1. The fraction of sp³-hybridized carbons (Fsp3) is 0.611. The van der Waals surface area contributed by atoms with Crippen molar-refractivity contribution in [2.24, 2.45) is 5.92 Å². The molecule has 1 atom stereocenters. The van der Waals surface area contributed by atoms with E-state index in [0.717, 1.165) is 36.5 Å². The van der Waals surface area contributed by atoms with Crippen LogP contribution in [-0.2, 0) is 17.6 Å². The summed E-state index contributed by atoms with van der Waals surface area (Å²) < 4.78 is 5.75. The Balaban J connectivity index is 1.58. The van der Waals surface area contributed by atoms with Gasteiger partial charge in [0.25, 0.3) is 11.1 Å². The zero-order valence-corrected chi connectivity index (χ0v) is 16.6. The van der Waals surface area contributed by atoms with Crippen molar-refractivity contribution in [3.63, 3.8) is 0 Å². The quantitative estimate of drug-likeness (QED) is 0.726. The zero-order chi connectivity index (χ0) is 17.8. The molecule has 0 fully saturated rings. The molecule has 25 heavy (non-hydrogen) atoms. The number of carbonyl (C=O) groups is 1. The van der Waals surface area contributed by atoms with Crippen molar-refractivity contribution in [2.75, 3.05) is 5.75 Å². The van der Waals surface area contributed by atoms with Crippen LogP contribution in [0, 0.1) is 5.92 Å².